The van der Waals surface area contributed by atoms with Gasteiger partial charge >= 0.3 is 6.85 Å². The molecule has 0 bridgehead atoms. The van der Waals surface area contributed by atoms with Gasteiger partial charge in [-0.05, 0) is 138 Å². The monoisotopic (exact) mass is 868 g/mol. The number of rotatable bonds is 1. The van der Waals surface area contributed by atoms with Gasteiger partial charge in [0.1, 0.15) is 0 Å². The van der Waals surface area contributed by atoms with Gasteiger partial charge in [0.2, 0.25) is 0 Å². The highest BCUT2D eigenvalue weighted by atomic mass is 32.1. The Balaban J connectivity index is 1.23. The predicted octanol–water partition coefficient (Wildman–Crippen LogP) is 15.6. The van der Waals surface area contributed by atoms with Crippen LogP contribution < -0.4 is 15.7 Å². The maximum Gasteiger partial charge on any atom is 0.333 e. The summed E-state index contributed by atoms with van der Waals surface area (Å²) in [5, 5.41) is 5.41. The Kier molecular flexibility index (Phi) is 7.27. The van der Waals surface area contributed by atoms with Crippen molar-refractivity contribution in [3.05, 3.63) is 173 Å². The molecule has 4 aliphatic rings. The van der Waals surface area contributed by atoms with Crippen molar-refractivity contribution in [2.24, 2.45) is 0 Å². The standard InChI is InChI=1S/C62H53BN2S/c1-59(2,3)34-23-26-36(27-24-34)65-49-31-40-37-17-11-14-20-44(37)61(7,8)46(40)30-43(49)55-56-53(39-19-12-15-21-45(39)62(56,9)10)54-42-29-35(60(4,5)6)25-28-48(42)64-50-32-41-38-18-13-16-22-51(38)66-52(41)33-47(50)63(65)57(55)58(54)64/h11-33H,1-10H3. The zero-order chi connectivity index (χ0) is 45.1. The van der Waals surface area contributed by atoms with Gasteiger partial charge in [-0.15, -0.1) is 11.3 Å². The van der Waals surface area contributed by atoms with Crippen molar-refractivity contribution in [2.45, 2.75) is 90.9 Å². The molecule has 2 aliphatic heterocycles. The maximum atomic E-state index is 2.76. The lowest BCUT2D eigenvalue weighted by Gasteiger charge is -2.44. The Morgan fingerprint density at radius 2 is 1.17 bits per heavy atom. The number of hydrogen-bond donors (Lipinski definition) is 0. The van der Waals surface area contributed by atoms with Crippen molar-refractivity contribution in [2.75, 3.05) is 4.81 Å². The zero-order valence-corrected chi connectivity index (χ0v) is 40.5. The molecule has 0 spiro atoms. The van der Waals surface area contributed by atoms with E-state index in [9.17, 15) is 0 Å². The highest BCUT2D eigenvalue weighted by Gasteiger charge is 2.51. The average Bonchev–Trinajstić information content (AvgIpc) is 3.97. The summed E-state index contributed by atoms with van der Waals surface area (Å²) in [6.07, 6.45) is 0. The van der Waals surface area contributed by atoms with Crippen molar-refractivity contribution in [3.8, 4) is 39.1 Å². The number of fused-ring (bicyclic) bond motifs is 19. The topological polar surface area (TPSA) is 8.17 Å². The molecule has 2 aromatic heterocycles. The third-order valence-corrected chi connectivity index (χ3v) is 17.6. The van der Waals surface area contributed by atoms with E-state index < -0.39 is 0 Å². The normalized spacial score (nSPS) is 15.9. The summed E-state index contributed by atoms with van der Waals surface area (Å²) in [5.41, 5.74) is 25.5. The van der Waals surface area contributed by atoms with Gasteiger partial charge < -0.3 is 9.38 Å². The molecule has 0 fully saturated rings. The van der Waals surface area contributed by atoms with Gasteiger partial charge in [-0.1, -0.05) is 154 Å². The molecular weight excluding hydrogens is 816 g/mol. The Labute approximate surface area is 392 Å². The molecule has 0 atom stereocenters. The highest BCUT2D eigenvalue weighted by molar-refractivity contribution is 7.26. The SMILES string of the molecule is CC(C)(C)c1ccc(N2B3c4cc5sc6ccccc6c5cc4-n4c5ccc(C(C)(C)C)cc5c5c6c(c(c3c54)-c3cc4c(cc32)-c2ccccc2C4(C)C)C(C)(C)c2ccccc2-6)cc1. The number of aromatic nitrogens is 1. The molecule has 0 saturated carbocycles. The molecule has 320 valence electrons. The maximum absolute atomic E-state index is 2.76. The fourth-order valence-corrected chi connectivity index (χ4v) is 14.3. The number of nitrogens with zero attached hydrogens (tertiary/aromatic N) is 2. The first-order valence-electron chi connectivity index (χ1n) is 24.0. The van der Waals surface area contributed by atoms with Gasteiger partial charge in [-0.3, -0.25) is 0 Å². The molecule has 0 N–H and O–H groups in total. The van der Waals surface area contributed by atoms with Crippen LogP contribution in [-0.4, -0.2) is 11.4 Å². The number of hydrogen-bond acceptors (Lipinski definition) is 2. The minimum atomic E-state index is -0.256. The minimum Gasteiger partial charge on any atom is -0.376 e. The van der Waals surface area contributed by atoms with E-state index in [2.05, 4.69) is 218 Å². The lowest BCUT2D eigenvalue weighted by atomic mass is 9.43. The van der Waals surface area contributed by atoms with Gasteiger partial charge in [0, 0.05) is 64.4 Å². The third kappa shape index (κ3) is 4.73. The van der Waals surface area contributed by atoms with Crippen molar-refractivity contribution in [1.29, 1.82) is 0 Å². The predicted molar refractivity (Wildman–Crippen MR) is 285 cm³/mol. The van der Waals surface area contributed by atoms with Gasteiger partial charge in [0.25, 0.3) is 0 Å². The fourth-order valence-electron chi connectivity index (χ4n) is 13.1. The second-order valence-corrected chi connectivity index (χ2v) is 24.0. The number of thiophene rings is 1. The molecule has 4 heteroatoms. The van der Waals surface area contributed by atoms with Crippen molar-refractivity contribution >= 4 is 82.5 Å². The summed E-state index contributed by atoms with van der Waals surface area (Å²) in [4.78, 5) is 2.76. The van der Waals surface area contributed by atoms with Crippen molar-refractivity contribution in [3.63, 3.8) is 0 Å². The molecule has 0 unspecified atom stereocenters. The van der Waals surface area contributed by atoms with Crippen molar-refractivity contribution in [1.82, 2.24) is 4.57 Å². The van der Waals surface area contributed by atoms with E-state index in [1.165, 1.54) is 137 Å². The fraction of sp³-hybridized carbons (Fsp3) is 0.226. The van der Waals surface area contributed by atoms with Crippen LogP contribution in [0.15, 0.2) is 140 Å². The highest BCUT2D eigenvalue weighted by Crippen LogP contribution is 2.61. The molecule has 8 aromatic carbocycles. The van der Waals surface area contributed by atoms with Crippen LogP contribution in [0.5, 0.6) is 0 Å². The molecular formula is C62H53BN2S. The molecule has 4 heterocycles. The second kappa shape index (κ2) is 12.3. The molecule has 2 nitrogen and oxygen atoms in total. The van der Waals surface area contributed by atoms with Crippen LogP contribution in [0.3, 0.4) is 0 Å². The second-order valence-electron chi connectivity index (χ2n) is 22.9. The Bertz CT molecular complexity index is 3840. The van der Waals surface area contributed by atoms with Crippen LogP contribution in [-0.2, 0) is 21.7 Å². The summed E-state index contributed by atoms with van der Waals surface area (Å²) in [5.74, 6) is 0. The molecule has 0 saturated heterocycles. The van der Waals surface area contributed by atoms with E-state index in [0.717, 1.165) is 0 Å². The van der Waals surface area contributed by atoms with Gasteiger partial charge in [-0.2, -0.15) is 0 Å². The van der Waals surface area contributed by atoms with E-state index in [0.29, 0.717) is 0 Å². The van der Waals surface area contributed by atoms with Crippen molar-refractivity contribution < 1.29 is 0 Å². The first kappa shape index (κ1) is 38.9. The smallest absolute Gasteiger partial charge is 0.333 e. The number of anilines is 2. The van der Waals surface area contributed by atoms with Gasteiger partial charge in [-0.25, -0.2) is 0 Å². The Morgan fingerprint density at radius 3 is 1.91 bits per heavy atom. The van der Waals surface area contributed by atoms with Gasteiger partial charge in [0.05, 0.1) is 11.0 Å². The zero-order valence-electron chi connectivity index (χ0n) is 39.7. The molecule has 10 aromatic rings. The summed E-state index contributed by atoms with van der Waals surface area (Å²) in [6.45, 7) is 23.8. The molecule has 0 radical (unpaired) electrons. The summed E-state index contributed by atoms with van der Waals surface area (Å²) >= 11 is 1.93. The van der Waals surface area contributed by atoms with Crippen LogP contribution in [0.2, 0.25) is 0 Å². The van der Waals surface area contributed by atoms with Crippen LogP contribution in [0, 0.1) is 0 Å². The largest absolute Gasteiger partial charge is 0.376 e. The Morgan fingerprint density at radius 1 is 0.500 bits per heavy atom. The van der Waals surface area contributed by atoms with Gasteiger partial charge in [0.15, 0.2) is 0 Å². The Hall–Kier alpha value is -6.36. The van der Waals surface area contributed by atoms with Crippen LogP contribution >= 0.6 is 11.3 Å². The number of benzene rings is 8. The van der Waals surface area contributed by atoms with Crippen LogP contribution in [0.25, 0.3) is 81.0 Å². The lowest BCUT2D eigenvalue weighted by Crippen LogP contribution is -2.61. The summed E-state index contributed by atoms with van der Waals surface area (Å²) < 4.78 is 5.39. The van der Waals surface area contributed by atoms with E-state index in [1.54, 1.807) is 0 Å². The third-order valence-electron chi connectivity index (χ3n) is 16.4. The van der Waals surface area contributed by atoms with E-state index in [1.807, 2.05) is 11.3 Å². The molecule has 14 rings (SSSR count). The first-order chi connectivity index (χ1) is 31.5. The van der Waals surface area contributed by atoms with E-state index >= 15 is 0 Å². The van der Waals surface area contributed by atoms with Crippen LogP contribution in [0.4, 0.5) is 11.4 Å². The summed E-state index contributed by atoms with van der Waals surface area (Å²) in [6, 6.07) is 54.9. The molecule has 2 aliphatic carbocycles. The van der Waals surface area contributed by atoms with E-state index in [4.69, 9.17) is 0 Å². The van der Waals surface area contributed by atoms with E-state index in [-0.39, 0.29) is 28.5 Å². The first-order valence-corrected chi connectivity index (χ1v) is 24.8. The summed E-state index contributed by atoms with van der Waals surface area (Å²) in [7, 11) is 0. The minimum absolute atomic E-state index is 0.0146. The average molecular weight is 869 g/mol. The lowest BCUT2D eigenvalue weighted by molar-refractivity contribution is 0.590. The molecule has 66 heavy (non-hydrogen) atoms. The molecule has 0 amide bonds. The quantitative estimate of drug-likeness (QED) is 0.149. The van der Waals surface area contributed by atoms with Crippen LogP contribution in [0.1, 0.15) is 103 Å².